The molecule has 1 aliphatic rings. The van der Waals surface area contributed by atoms with Crippen LogP contribution in [0.25, 0.3) is 0 Å². The molecule has 134 valence electrons. The highest BCUT2D eigenvalue weighted by atomic mass is 16.5. The van der Waals surface area contributed by atoms with Crippen molar-refractivity contribution in [3.05, 3.63) is 65.2 Å². The van der Waals surface area contributed by atoms with E-state index in [-0.39, 0.29) is 24.1 Å². The van der Waals surface area contributed by atoms with E-state index in [0.29, 0.717) is 16.8 Å². The molecule has 0 atom stereocenters. The number of anilines is 1. The number of amides is 2. The summed E-state index contributed by atoms with van der Waals surface area (Å²) in [5.41, 5.74) is 1.42. The lowest BCUT2D eigenvalue weighted by molar-refractivity contribution is 0.0527. The normalized spacial score (nSPS) is 13.0. The van der Waals surface area contributed by atoms with Gasteiger partial charge in [-0.2, -0.15) is 0 Å². The Morgan fingerprint density at radius 1 is 1.00 bits per heavy atom. The monoisotopic (exact) mass is 352 g/mol. The van der Waals surface area contributed by atoms with E-state index in [2.05, 4.69) is 10.6 Å². The number of hydrogen-bond donors (Lipinski definition) is 2. The highest BCUT2D eigenvalue weighted by molar-refractivity contribution is 6.09. The molecule has 2 aromatic carbocycles. The van der Waals surface area contributed by atoms with Crippen molar-refractivity contribution >= 4 is 23.5 Å². The van der Waals surface area contributed by atoms with Crippen LogP contribution in [-0.4, -0.2) is 30.4 Å². The molecule has 6 heteroatoms. The van der Waals surface area contributed by atoms with Crippen LogP contribution in [0.2, 0.25) is 0 Å². The van der Waals surface area contributed by atoms with Crippen molar-refractivity contribution in [3.63, 3.8) is 0 Å². The lowest BCUT2D eigenvalue weighted by Gasteiger charge is -2.11. The summed E-state index contributed by atoms with van der Waals surface area (Å²) in [6, 6.07) is 13.4. The molecule has 3 rings (SSSR count). The number of nitrogens with one attached hydrogen (secondary N) is 2. The van der Waals surface area contributed by atoms with Gasteiger partial charge >= 0.3 is 5.97 Å². The summed E-state index contributed by atoms with van der Waals surface area (Å²) in [6.07, 6.45) is 1.99. The van der Waals surface area contributed by atoms with Crippen LogP contribution >= 0.6 is 0 Å². The Bertz CT molecular complexity index is 843. The molecule has 26 heavy (non-hydrogen) atoms. The Morgan fingerprint density at radius 3 is 2.38 bits per heavy atom. The van der Waals surface area contributed by atoms with Gasteiger partial charge in [0, 0.05) is 17.2 Å². The zero-order chi connectivity index (χ0) is 18.5. The van der Waals surface area contributed by atoms with Crippen molar-refractivity contribution < 1.29 is 19.1 Å². The van der Waals surface area contributed by atoms with Crippen LogP contribution in [-0.2, 0) is 4.74 Å². The van der Waals surface area contributed by atoms with Gasteiger partial charge in [-0.1, -0.05) is 18.2 Å². The molecule has 0 spiro atoms. The van der Waals surface area contributed by atoms with Gasteiger partial charge in [0.25, 0.3) is 11.8 Å². The number of ether oxygens (including phenoxy) is 1. The van der Waals surface area contributed by atoms with Gasteiger partial charge in [0.15, 0.2) is 0 Å². The first-order chi connectivity index (χ1) is 12.6. The van der Waals surface area contributed by atoms with Crippen LogP contribution in [0.4, 0.5) is 5.69 Å². The number of carbonyl (C=O) groups is 3. The first-order valence-electron chi connectivity index (χ1n) is 8.57. The average Bonchev–Trinajstić information content (AvgIpc) is 3.46. The molecule has 6 nitrogen and oxygen atoms in total. The smallest absolute Gasteiger partial charge is 0.340 e. The Morgan fingerprint density at radius 2 is 1.69 bits per heavy atom. The molecule has 0 unspecified atom stereocenters. The fraction of sp³-hybridized carbons (Fsp3) is 0.250. The van der Waals surface area contributed by atoms with Gasteiger partial charge in [0.1, 0.15) is 0 Å². The molecule has 1 aliphatic carbocycles. The van der Waals surface area contributed by atoms with Crippen molar-refractivity contribution in [1.82, 2.24) is 5.32 Å². The first kappa shape index (κ1) is 17.7. The predicted molar refractivity (Wildman–Crippen MR) is 97.3 cm³/mol. The lowest BCUT2D eigenvalue weighted by atomic mass is 10.1. The molecular formula is C20H20N2O4. The van der Waals surface area contributed by atoms with Gasteiger partial charge < -0.3 is 15.4 Å². The number of benzene rings is 2. The first-order valence-corrected chi connectivity index (χ1v) is 8.57. The predicted octanol–water partition coefficient (Wildman–Crippen LogP) is 3.01. The SMILES string of the molecule is CCOC(=O)c1ccccc1NC(=O)c1cccc(C(=O)NC2CC2)c1. The maximum atomic E-state index is 12.6. The summed E-state index contributed by atoms with van der Waals surface area (Å²) < 4.78 is 5.01. The van der Waals surface area contributed by atoms with E-state index >= 15 is 0 Å². The van der Waals surface area contributed by atoms with E-state index in [1.807, 2.05) is 0 Å². The number of para-hydroxylation sites is 1. The zero-order valence-corrected chi connectivity index (χ0v) is 14.5. The van der Waals surface area contributed by atoms with Gasteiger partial charge in [-0.05, 0) is 50.1 Å². The van der Waals surface area contributed by atoms with Crippen molar-refractivity contribution in [2.45, 2.75) is 25.8 Å². The second kappa shape index (κ2) is 7.82. The van der Waals surface area contributed by atoms with Crippen molar-refractivity contribution in [2.75, 3.05) is 11.9 Å². The molecular weight excluding hydrogens is 332 g/mol. The quantitative estimate of drug-likeness (QED) is 0.783. The minimum absolute atomic E-state index is 0.186. The van der Waals surface area contributed by atoms with E-state index in [9.17, 15) is 14.4 Å². The molecule has 0 bridgehead atoms. The Balaban J connectivity index is 1.76. The molecule has 2 aromatic rings. The van der Waals surface area contributed by atoms with E-state index in [0.717, 1.165) is 12.8 Å². The number of carbonyl (C=O) groups excluding carboxylic acids is 3. The third-order valence-corrected chi connectivity index (χ3v) is 3.97. The average molecular weight is 352 g/mol. The molecule has 0 aromatic heterocycles. The molecule has 0 aliphatic heterocycles. The highest BCUT2D eigenvalue weighted by Crippen LogP contribution is 2.20. The van der Waals surface area contributed by atoms with Crippen LogP contribution in [0.1, 0.15) is 50.8 Å². The van der Waals surface area contributed by atoms with Crippen LogP contribution in [0, 0.1) is 0 Å². The number of rotatable bonds is 6. The van der Waals surface area contributed by atoms with E-state index in [1.165, 1.54) is 0 Å². The summed E-state index contributed by atoms with van der Waals surface area (Å²) in [4.78, 5) is 36.7. The minimum Gasteiger partial charge on any atom is -0.462 e. The van der Waals surface area contributed by atoms with Crippen LogP contribution in [0.15, 0.2) is 48.5 Å². The maximum Gasteiger partial charge on any atom is 0.340 e. The van der Waals surface area contributed by atoms with Gasteiger partial charge in [-0.3, -0.25) is 9.59 Å². The fourth-order valence-corrected chi connectivity index (χ4v) is 2.47. The van der Waals surface area contributed by atoms with Gasteiger partial charge in [-0.25, -0.2) is 4.79 Å². The van der Waals surface area contributed by atoms with E-state index in [1.54, 1.807) is 55.5 Å². The molecule has 2 N–H and O–H groups in total. The summed E-state index contributed by atoms with van der Waals surface area (Å²) in [5, 5.41) is 5.61. The number of esters is 1. The Hall–Kier alpha value is -3.15. The molecule has 0 heterocycles. The van der Waals surface area contributed by atoms with Crippen LogP contribution in [0.3, 0.4) is 0 Å². The second-order valence-electron chi connectivity index (χ2n) is 6.05. The zero-order valence-electron chi connectivity index (χ0n) is 14.5. The van der Waals surface area contributed by atoms with E-state index in [4.69, 9.17) is 4.74 Å². The van der Waals surface area contributed by atoms with E-state index < -0.39 is 11.9 Å². The third-order valence-electron chi connectivity index (χ3n) is 3.97. The standard InChI is InChI=1S/C20H20N2O4/c1-2-26-20(25)16-8-3-4-9-17(16)22-19(24)14-7-5-6-13(12-14)18(23)21-15-10-11-15/h3-9,12,15H,2,10-11H2,1H3,(H,21,23)(H,22,24). The molecule has 1 fully saturated rings. The summed E-state index contributed by atoms with van der Waals surface area (Å²) >= 11 is 0. The highest BCUT2D eigenvalue weighted by Gasteiger charge is 2.24. The van der Waals surface area contributed by atoms with Gasteiger partial charge in [-0.15, -0.1) is 0 Å². The van der Waals surface area contributed by atoms with Crippen LogP contribution < -0.4 is 10.6 Å². The summed E-state index contributed by atoms with van der Waals surface area (Å²) in [6.45, 7) is 1.97. The lowest BCUT2D eigenvalue weighted by Crippen LogP contribution is -2.25. The minimum atomic E-state index is -0.499. The van der Waals surface area contributed by atoms with Crippen molar-refractivity contribution in [3.8, 4) is 0 Å². The summed E-state index contributed by atoms with van der Waals surface area (Å²) in [7, 11) is 0. The molecule has 0 saturated heterocycles. The Kier molecular flexibility index (Phi) is 5.31. The molecule has 2 amide bonds. The number of hydrogen-bond acceptors (Lipinski definition) is 4. The molecule has 0 radical (unpaired) electrons. The van der Waals surface area contributed by atoms with Crippen LogP contribution in [0.5, 0.6) is 0 Å². The van der Waals surface area contributed by atoms with Crippen molar-refractivity contribution in [1.29, 1.82) is 0 Å². The topological polar surface area (TPSA) is 84.5 Å². The second-order valence-corrected chi connectivity index (χ2v) is 6.05. The van der Waals surface area contributed by atoms with Crippen molar-refractivity contribution in [2.24, 2.45) is 0 Å². The maximum absolute atomic E-state index is 12.6. The Labute approximate surface area is 151 Å². The molecule has 1 saturated carbocycles. The fourth-order valence-electron chi connectivity index (χ4n) is 2.47. The summed E-state index contributed by atoms with van der Waals surface area (Å²) in [5.74, 6) is -1.09. The van der Waals surface area contributed by atoms with Gasteiger partial charge in [0.2, 0.25) is 0 Å². The third kappa shape index (κ3) is 4.27. The largest absolute Gasteiger partial charge is 0.462 e. The van der Waals surface area contributed by atoms with Gasteiger partial charge in [0.05, 0.1) is 17.9 Å².